The van der Waals surface area contributed by atoms with Crippen LogP contribution in [0.15, 0.2) is 0 Å². The van der Waals surface area contributed by atoms with E-state index in [1.807, 2.05) is 0 Å². The first-order chi connectivity index (χ1) is 6.45. The van der Waals surface area contributed by atoms with Gasteiger partial charge in [0.25, 0.3) is 0 Å². The topological polar surface area (TPSA) is 77.4 Å². The number of aliphatic hydroxyl groups is 1. The average Bonchev–Trinajstić information content (AvgIpc) is 2.00. The number of hydrogen-bond donors (Lipinski definition) is 1. The first kappa shape index (κ1) is 18.2. The Morgan fingerprint density at radius 1 is 1.20 bits per heavy atom. The van der Waals surface area contributed by atoms with Crippen molar-refractivity contribution in [2.75, 3.05) is 5.75 Å². The normalized spacial score (nSPS) is 13.3. The van der Waals surface area contributed by atoms with E-state index in [1.165, 1.54) is 0 Å². The van der Waals surface area contributed by atoms with E-state index in [0.717, 1.165) is 32.1 Å². The summed E-state index contributed by atoms with van der Waals surface area (Å²) in [4.78, 5) is 0. The molecule has 0 bridgehead atoms. The van der Waals surface area contributed by atoms with Crippen LogP contribution in [-0.2, 0) is 10.1 Å². The minimum Gasteiger partial charge on any atom is -0.748 e. The maximum atomic E-state index is 10.3. The summed E-state index contributed by atoms with van der Waals surface area (Å²) in [5.41, 5.74) is 0. The summed E-state index contributed by atoms with van der Waals surface area (Å²) < 4.78 is 30.8. The number of hydrogen-bond acceptors (Lipinski definition) is 4. The molecule has 86 valence electrons. The van der Waals surface area contributed by atoms with Gasteiger partial charge in [-0.25, -0.2) is 8.42 Å². The van der Waals surface area contributed by atoms with Gasteiger partial charge in [0.1, 0.15) is 0 Å². The smallest absolute Gasteiger partial charge is 0.748 e. The minimum absolute atomic E-state index is 0. The summed E-state index contributed by atoms with van der Waals surface area (Å²) in [7, 11) is -4.27. The van der Waals surface area contributed by atoms with Crippen LogP contribution in [0.5, 0.6) is 0 Å². The molecular weight excluding hydrogens is 227 g/mol. The third-order valence-corrected chi connectivity index (χ3v) is 2.83. The van der Waals surface area contributed by atoms with Gasteiger partial charge in [-0.05, 0) is 6.42 Å². The van der Waals surface area contributed by atoms with Gasteiger partial charge in [-0.3, -0.25) is 0 Å². The Balaban J connectivity index is 0. The molecule has 0 saturated heterocycles. The van der Waals surface area contributed by atoms with Gasteiger partial charge in [-0.2, -0.15) is 0 Å². The van der Waals surface area contributed by atoms with Crippen molar-refractivity contribution in [3.8, 4) is 0 Å². The predicted molar refractivity (Wildman–Crippen MR) is 53.9 cm³/mol. The minimum atomic E-state index is -4.27. The second kappa shape index (κ2) is 10.1. The molecule has 4 nitrogen and oxygen atoms in total. The van der Waals surface area contributed by atoms with E-state index in [-0.39, 0.29) is 29.6 Å². The molecule has 0 aliphatic rings. The monoisotopic (exact) mass is 246 g/mol. The van der Waals surface area contributed by atoms with Gasteiger partial charge in [0.15, 0.2) is 0 Å². The Kier molecular flexibility index (Phi) is 12.2. The zero-order valence-corrected chi connectivity index (χ0v) is 12.4. The van der Waals surface area contributed by atoms with Gasteiger partial charge < -0.3 is 9.66 Å². The first-order valence-corrected chi connectivity index (χ1v) is 6.65. The first-order valence-electron chi connectivity index (χ1n) is 5.07. The third-order valence-electron chi connectivity index (χ3n) is 2.04. The molecule has 0 radical (unpaired) electrons. The van der Waals surface area contributed by atoms with Crippen molar-refractivity contribution in [1.29, 1.82) is 0 Å². The van der Waals surface area contributed by atoms with Crippen LogP contribution in [0.3, 0.4) is 0 Å². The summed E-state index contributed by atoms with van der Waals surface area (Å²) in [6, 6.07) is 0. The summed E-state index contributed by atoms with van der Waals surface area (Å²) in [6.07, 6.45) is 4.62. The molecule has 0 fully saturated rings. The maximum Gasteiger partial charge on any atom is 1.00 e. The van der Waals surface area contributed by atoms with Crippen molar-refractivity contribution >= 4 is 10.1 Å². The van der Waals surface area contributed by atoms with E-state index in [2.05, 4.69) is 6.92 Å². The fraction of sp³-hybridized carbons (Fsp3) is 1.00. The van der Waals surface area contributed by atoms with Crippen molar-refractivity contribution in [3.63, 3.8) is 0 Å². The predicted octanol–water partition coefficient (Wildman–Crippen LogP) is -1.74. The molecule has 1 N–H and O–H groups in total. The molecule has 0 heterocycles. The Morgan fingerprint density at radius 2 is 1.73 bits per heavy atom. The second-order valence-electron chi connectivity index (χ2n) is 3.58. The van der Waals surface area contributed by atoms with Gasteiger partial charge in [-0.1, -0.05) is 39.0 Å². The van der Waals surface area contributed by atoms with E-state index in [1.54, 1.807) is 0 Å². The standard InChI is InChI=1S/C9H20O4S.Na/c1-2-3-4-5-6-7-9(10)8-14(11,12)13;/h9-10H,2-8H2,1H3,(H,11,12,13);/q;+1/p-1. The van der Waals surface area contributed by atoms with E-state index >= 15 is 0 Å². The van der Waals surface area contributed by atoms with Crippen LogP contribution in [0.25, 0.3) is 0 Å². The molecular formula is C9H19NaO4S. The Labute approximate surface area is 114 Å². The van der Waals surface area contributed by atoms with Gasteiger partial charge in [0.05, 0.1) is 22.0 Å². The van der Waals surface area contributed by atoms with Crippen molar-refractivity contribution in [2.45, 2.75) is 51.6 Å². The fourth-order valence-corrected chi connectivity index (χ4v) is 1.94. The molecule has 0 amide bonds. The SMILES string of the molecule is CCCCCCCC(O)CS(=O)(=O)[O-].[Na+]. The maximum absolute atomic E-state index is 10.3. The number of unbranched alkanes of at least 4 members (excludes halogenated alkanes) is 4. The molecule has 0 aliphatic heterocycles. The molecule has 0 aromatic carbocycles. The Morgan fingerprint density at radius 3 is 2.20 bits per heavy atom. The van der Waals surface area contributed by atoms with Gasteiger partial charge in [-0.15, -0.1) is 0 Å². The van der Waals surface area contributed by atoms with E-state index in [4.69, 9.17) is 5.11 Å². The quantitative estimate of drug-likeness (QED) is 0.313. The molecule has 0 aromatic rings. The molecule has 1 atom stereocenters. The van der Waals surface area contributed by atoms with E-state index < -0.39 is 22.0 Å². The molecule has 0 aromatic heterocycles. The average molecular weight is 246 g/mol. The van der Waals surface area contributed by atoms with Crippen molar-refractivity contribution < 1.29 is 47.6 Å². The third kappa shape index (κ3) is 14.9. The second-order valence-corrected chi connectivity index (χ2v) is 5.03. The van der Waals surface area contributed by atoms with Gasteiger partial charge in [0, 0.05) is 0 Å². The zero-order valence-electron chi connectivity index (χ0n) is 9.61. The van der Waals surface area contributed by atoms with Gasteiger partial charge in [0.2, 0.25) is 0 Å². The number of rotatable bonds is 8. The summed E-state index contributed by atoms with van der Waals surface area (Å²) in [5, 5.41) is 9.16. The largest absolute Gasteiger partial charge is 1.00 e. The van der Waals surface area contributed by atoms with Crippen LogP contribution >= 0.6 is 0 Å². The summed E-state index contributed by atoms with van der Waals surface area (Å²) in [6.45, 7) is 2.11. The molecule has 15 heavy (non-hydrogen) atoms. The summed E-state index contributed by atoms with van der Waals surface area (Å²) >= 11 is 0. The van der Waals surface area contributed by atoms with Crippen LogP contribution in [-0.4, -0.2) is 29.9 Å². The molecule has 0 spiro atoms. The van der Waals surface area contributed by atoms with Crippen LogP contribution < -0.4 is 29.6 Å². The summed E-state index contributed by atoms with van der Waals surface area (Å²) in [5.74, 6) is -0.652. The Bertz CT molecular complexity index is 228. The molecule has 6 heteroatoms. The van der Waals surface area contributed by atoms with Crippen LogP contribution in [0.1, 0.15) is 45.4 Å². The van der Waals surface area contributed by atoms with Crippen LogP contribution in [0.4, 0.5) is 0 Å². The van der Waals surface area contributed by atoms with E-state index in [0.29, 0.717) is 6.42 Å². The van der Waals surface area contributed by atoms with Crippen LogP contribution in [0, 0.1) is 0 Å². The molecule has 0 aliphatic carbocycles. The van der Waals surface area contributed by atoms with Gasteiger partial charge >= 0.3 is 29.6 Å². The van der Waals surface area contributed by atoms with Crippen molar-refractivity contribution in [3.05, 3.63) is 0 Å². The molecule has 0 rings (SSSR count). The van der Waals surface area contributed by atoms with E-state index in [9.17, 15) is 13.0 Å². The molecule has 0 saturated carbocycles. The zero-order chi connectivity index (χ0) is 11.0. The van der Waals surface area contributed by atoms with Crippen molar-refractivity contribution in [2.24, 2.45) is 0 Å². The van der Waals surface area contributed by atoms with Crippen LogP contribution in [0.2, 0.25) is 0 Å². The Hall–Kier alpha value is 0.870. The molecule has 1 unspecified atom stereocenters. The van der Waals surface area contributed by atoms with Crippen molar-refractivity contribution in [1.82, 2.24) is 0 Å². The fourth-order valence-electron chi connectivity index (χ4n) is 1.30. The number of aliphatic hydroxyl groups excluding tert-OH is 1.